The number of aromatic nitrogens is 3. The molecule has 0 aliphatic carbocycles. The normalized spacial score (nSPS) is 11.4. The second-order valence-corrected chi connectivity index (χ2v) is 5.34. The first kappa shape index (κ1) is 15.1. The van der Waals surface area contributed by atoms with Gasteiger partial charge in [-0.25, -0.2) is 9.48 Å². The second kappa shape index (κ2) is 5.81. The van der Waals surface area contributed by atoms with Crippen molar-refractivity contribution in [2.24, 2.45) is 0 Å². The molecular weight excluding hydrogens is 248 g/mol. The number of aryl methyl sites for hydroxylation is 1. The van der Waals surface area contributed by atoms with E-state index in [0.717, 1.165) is 0 Å². The first-order valence-corrected chi connectivity index (χ1v) is 6.15. The Hall–Kier alpha value is -1.92. The van der Waals surface area contributed by atoms with Crippen LogP contribution in [0.25, 0.3) is 0 Å². The van der Waals surface area contributed by atoms with Crippen LogP contribution in [0.15, 0.2) is 0 Å². The molecule has 0 unspecified atom stereocenters. The maximum Gasteiger partial charge on any atom is 0.358 e. The second-order valence-electron chi connectivity index (χ2n) is 5.34. The lowest BCUT2D eigenvalue weighted by atomic mass is 9.90. The first-order valence-electron chi connectivity index (χ1n) is 6.15. The molecule has 106 valence electrons. The van der Waals surface area contributed by atoms with E-state index in [4.69, 9.17) is 5.11 Å². The molecule has 0 radical (unpaired) electrons. The Morgan fingerprint density at radius 1 is 1.37 bits per heavy atom. The Morgan fingerprint density at radius 3 is 2.47 bits per heavy atom. The number of carboxylic acid groups (broad SMARTS) is 1. The van der Waals surface area contributed by atoms with Crippen molar-refractivity contribution in [3.05, 3.63) is 11.4 Å². The van der Waals surface area contributed by atoms with Gasteiger partial charge in [0.2, 0.25) is 5.91 Å². The summed E-state index contributed by atoms with van der Waals surface area (Å²) >= 11 is 0. The Labute approximate surface area is 112 Å². The highest BCUT2D eigenvalue weighted by Crippen LogP contribution is 2.24. The third kappa shape index (κ3) is 3.77. The van der Waals surface area contributed by atoms with E-state index in [-0.39, 0.29) is 17.0 Å². The average molecular weight is 268 g/mol. The summed E-state index contributed by atoms with van der Waals surface area (Å²) in [7, 11) is 1.58. The van der Waals surface area contributed by atoms with Crippen molar-refractivity contribution >= 4 is 11.9 Å². The Balaban J connectivity index is 2.90. The fourth-order valence-electron chi connectivity index (χ4n) is 1.87. The molecule has 0 aliphatic heterocycles. The molecule has 7 nitrogen and oxygen atoms in total. The molecule has 0 saturated heterocycles. The van der Waals surface area contributed by atoms with E-state index in [1.807, 2.05) is 20.8 Å². The molecule has 2 N–H and O–H groups in total. The predicted octanol–water partition coefficient (Wildman–Crippen LogP) is 0.800. The van der Waals surface area contributed by atoms with Crippen LogP contribution >= 0.6 is 0 Å². The van der Waals surface area contributed by atoms with E-state index in [9.17, 15) is 9.59 Å². The number of carbonyl (C=O) groups is 2. The van der Waals surface area contributed by atoms with Crippen LogP contribution in [0.1, 0.15) is 49.8 Å². The number of nitrogens with zero attached hydrogens (tertiary/aromatic N) is 3. The molecular formula is C12H20N4O3. The van der Waals surface area contributed by atoms with Gasteiger partial charge >= 0.3 is 5.97 Å². The summed E-state index contributed by atoms with van der Waals surface area (Å²) in [6, 6.07) is 0. The van der Waals surface area contributed by atoms with Crippen molar-refractivity contribution in [1.82, 2.24) is 20.3 Å². The molecule has 0 spiro atoms. The van der Waals surface area contributed by atoms with Crippen molar-refractivity contribution in [1.29, 1.82) is 0 Å². The summed E-state index contributed by atoms with van der Waals surface area (Å²) < 4.78 is 1.58. The van der Waals surface area contributed by atoms with Crippen LogP contribution in [-0.2, 0) is 16.8 Å². The number of amides is 1. The molecule has 0 aromatic carbocycles. The molecule has 1 heterocycles. The zero-order valence-corrected chi connectivity index (χ0v) is 11.7. The fourth-order valence-corrected chi connectivity index (χ4v) is 1.87. The maximum atomic E-state index is 11.1. The van der Waals surface area contributed by atoms with Crippen molar-refractivity contribution in [3.8, 4) is 0 Å². The minimum absolute atomic E-state index is 0.0209. The predicted molar refractivity (Wildman–Crippen MR) is 69.0 cm³/mol. The first-order chi connectivity index (χ1) is 8.77. The van der Waals surface area contributed by atoms with Crippen LogP contribution in [-0.4, -0.2) is 39.0 Å². The fraction of sp³-hybridized carbons (Fsp3) is 0.667. The Kier molecular flexibility index (Phi) is 4.63. The van der Waals surface area contributed by atoms with Crippen LogP contribution in [0.5, 0.6) is 0 Å². The molecule has 0 bridgehead atoms. The summed E-state index contributed by atoms with van der Waals surface area (Å²) in [5.74, 6) is -1.13. The van der Waals surface area contributed by atoms with Gasteiger partial charge in [-0.3, -0.25) is 4.79 Å². The number of hydrogen-bond donors (Lipinski definition) is 2. The lowest BCUT2D eigenvalue weighted by Gasteiger charge is -2.20. The van der Waals surface area contributed by atoms with Crippen LogP contribution in [0.2, 0.25) is 0 Å². The standard InChI is InChI=1S/C12H20N4O3/c1-12(2,3)10-9(11(18)19)14-15-16(10)7-5-6-8(17)13-4/h5-7H2,1-4H3,(H,13,17)(H,18,19). The minimum atomic E-state index is -1.08. The summed E-state index contributed by atoms with van der Waals surface area (Å²) in [6.07, 6.45) is 0.966. The Morgan fingerprint density at radius 2 is 2.00 bits per heavy atom. The lowest BCUT2D eigenvalue weighted by molar-refractivity contribution is -0.120. The summed E-state index contributed by atoms with van der Waals surface area (Å²) in [4.78, 5) is 22.3. The molecule has 19 heavy (non-hydrogen) atoms. The van der Waals surface area contributed by atoms with Gasteiger partial charge in [0, 0.05) is 25.4 Å². The average Bonchev–Trinajstić information content (AvgIpc) is 2.72. The number of rotatable bonds is 5. The van der Waals surface area contributed by atoms with Crippen LogP contribution in [0.3, 0.4) is 0 Å². The molecule has 0 aliphatic rings. The number of hydrogen-bond acceptors (Lipinski definition) is 4. The SMILES string of the molecule is CNC(=O)CCCn1nnc(C(=O)O)c1C(C)(C)C. The number of carboxylic acids is 1. The molecule has 0 fully saturated rings. The van der Waals surface area contributed by atoms with Gasteiger partial charge < -0.3 is 10.4 Å². The molecule has 0 saturated carbocycles. The van der Waals surface area contributed by atoms with Crippen molar-refractivity contribution in [2.45, 2.75) is 45.6 Å². The lowest BCUT2D eigenvalue weighted by Crippen LogP contribution is -2.23. The quantitative estimate of drug-likeness (QED) is 0.823. The van der Waals surface area contributed by atoms with Gasteiger partial charge in [0.25, 0.3) is 0 Å². The van der Waals surface area contributed by atoms with Gasteiger partial charge in [0.05, 0.1) is 5.69 Å². The number of aromatic carboxylic acids is 1. The molecule has 1 aromatic heterocycles. The van der Waals surface area contributed by atoms with Gasteiger partial charge in [0.15, 0.2) is 5.69 Å². The Bertz CT molecular complexity index is 474. The van der Waals surface area contributed by atoms with E-state index >= 15 is 0 Å². The maximum absolute atomic E-state index is 11.1. The van der Waals surface area contributed by atoms with Gasteiger partial charge in [-0.05, 0) is 6.42 Å². The van der Waals surface area contributed by atoms with E-state index < -0.39 is 5.97 Å². The van der Waals surface area contributed by atoms with Crippen LogP contribution in [0.4, 0.5) is 0 Å². The molecule has 1 rings (SSSR count). The summed E-state index contributed by atoms with van der Waals surface area (Å²) in [5.41, 5.74) is 0.189. The monoisotopic (exact) mass is 268 g/mol. The van der Waals surface area contributed by atoms with E-state index in [1.165, 1.54) is 0 Å². The minimum Gasteiger partial charge on any atom is -0.476 e. The van der Waals surface area contributed by atoms with Crippen molar-refractivity contribution < 1.29 is 14.7 Å². The van der Waals surface area contributed by atoms with E-state index in [0.29, 0.717) is 25.1 Å². The van der Waals surface area contributed by atoms with Crippen LogP contribution in [0, 0.1) is 0 Å². The largest absolute Gasteiger partial charge is 0.476 e. The zero-order chi connectivity index (χ0) is 14.6. The third-order valence-electron chi connectivity index (χ3n) is 2.70. The molecule has 1 aromatic rings. The van der Waals surface area contributed by atoms with Gasteiger partial charge in [-0.2, -0.15) is 0 Å². The summed E-state index contributed by atoms with van der Waals surface area (Å²) in [6.45, 7) is 6.20. The highest BCUT2D eigenvalue weighted by molar-refractivity contribution is 5.86. The van der Waals surface area contributed by atoms with Gasteiger partial charge in [-0.1, -0.05) is 26.0 Å². The smallest absolute Gasteiger partial charge is 0.358 e. The van der Waals surface area contributed by atoms with E-state index in [1.54, 1.807) is 11.7 Å². The highest BCUT2D eigenvalue weighted by atomic mass is 16.4. The molecule has 1 amide bonds. The van der Waals surface area contributed by atoms with Gasteiger partial charge in [-0.15, -0.1) is 5.10 Å². The van der Waals surface area contributed by atoms with E-state index in [2.05, 4.69) is 15.6 Å². The number of carbonyl (C=O) groups excluding carboxylic acids is 1. The molecule has 0 atom stereocenters. The van der Waals surface area contributed by atoms with Crippen LogP contribution < -0.4 is 5.32 Å². The molecule has 7 heteroatoms. The van der Waals surface area contributed by atoms with Crippen molar-refractivity contribution in [2.75, 3.05) is 7.05 Å². The van der Waals surface area contributed by atoms with Crippen molar-refractivity contribution in [3.63, 3.8) is 0 Å². The third-order valence-corrected chi connectivity index (χ3v) is 2.70. The van der Waals surface area contributed by atoms with Gasteiger partial charge in [0.1, 0.15) is 0 Å². The highest BCUT2D eigenvalue weighted by Gasteiger charge is 2.28. The topological polar surface area (TPSA) is 97.1 Å². The zero-order valence-electron chi connectivity index (χ0n) is 11.7. The summed E-state index contributed by atoms with van der Waals surface area (Å²) in [5, 5.41) is 19.2. The number of nitrogens with one attached hydrogen (secondary N) is 1.